The lowest BCUT2D eigenvalue weighted by molar-refractivity contribution is 0.285. The smallest absolute Gasteiger partial charge is 0.244 e. The maximum atomic E-state index is 12.7. The third-order valence-corrected chi connectivity index (χ3v) is 6.99. The molecule has 0 amide bonds. The molecule has 21 heavy (non-hydrogen) atoms. The monoisotopic (exact) mass is 329 g/mol. The molecule has 0 bridgehead atoms. The Kier molecular flexibility index (Phi) is 4.63. The van der Waals surface area contributed by atoms with E-state index in [2.05, 4.69) is 20.8 Å². The van der Waals surface area contributed by atoms with Crippen molar-refractivity contribution in [1.29, 1.82) is 0 Å². The molecule has 0 atom stereocenters. The van der Waals surface area contributed by atoms with Gasteiger partial charge in [0.25, 0.3) is 0 Å². The standard InChI is InChI=1S/C15H23NO3S2/c1-11-14(9-13(10-17)20-11)21(18,19)16-7-5-12(6-8-16)15(2,3)4/h5,9,17H,6-8,10H2,1-4H3. The summed E-state index contributed by atoms with van der Waals surface area (Å²) >= 11 is 1.34. The Morgan fingerprint density at radius 3 is 2.48 bits per heavy atom. The van der Waals surface area contributed by atoms with Crippen molar-refractivity contribution in [3.05, 3.63) is 27.5 Å². The molecule has 1 aromatic heterocycles. The van der Waals surface area contributed by atoms with Crippen LogP contribution in [0, 0.1) is 12.3 Å². The highest BCUT2D eigenvalue weighted by Crippen LogP contribution is 2.33. The van der Waals surface area contributed by atoms with Gasteiger partial charge in [-0.15, -0.1) is 11.3 Å². The van der Waals surface area contributed by atoms with Crippen LogP contribution in [0.15, 0.2) is 22.6 Å². The first-order chi connectivity index (χ1) is 9.66. The lowest BCUT2D eigenvalue weighted by atomic mass is 9.83. The van der Waals surface area contributed by atoms with E-state index >= 15 is 0 Å². The van der Waals surface area contributed by atoms with Crippen molar-refractivity contribution in [2.75, 3.05) is 13.1 Å². The maximum Gasteiger partial charge on any atom is 0.244 e. The van der Waals surface area contributed by atoms with Crippen LogP contribution in [0.3, 0.4) is 0 Å². The van der Waals surface area contributed by atoms with Crippen LogP contribution in [0.25, 0.3) is 0 Å². The van der Waals surface area contributed by atoms with E-state index in [0.29, 0.717) is 22.9 Å². The summed E-state index contributed by atoms with van der Waals surface area (Å²) in [6, 6.07) is 1.60. The molecular weight excluding hydrogens is 306 g/mol. The van der Waals surface area contributed by atoms with E-state index in [-0.39, 0.29) is 12.0 Å². The Hall–Kier alpha value is -0.690. The van der Waals surface area contributed by atoms with Crippen LogP contribution in [-0.4, -0.2) is 30.9 Å². The zero-order valence-corrected chi connectivity index (χ0v) is 14.6. The number of thiophene rings is 1. The number of hydrogen-bond acceptors (Lipinski definition) is 4. The number of nitrogens with zero attached hydrogens (tertiary/aromatic N) is 1. The van der Waals surface area contributed by atoms with Crippen LogP contribution in [0.1, 0.15) is 36.9 Å². The van der Waals surface area contributed by atoms with Gasteiger partial charge in [-0.1, -0.05) is 32.4 Å². The maximum absolute atomic E-state index is 12.7. The van der Waals surface area contributed by atoms with E-state index in [1.807, 2.05) is 6.08 Å². The topological polar surface area (TPSA) is 57.6 Å². The molecule has 0 aliphatic carbocycles. The molecule has 0 fully saturated rings. The van der Waals surface area contributed by atoms with Crippen LogP contribution in [0.4, 0.5) is 0 Å². The minimum atomic E-state index is -3.46. The normalized spacial score (nSPS) is 17.9. The lowest BCUT2D eigenvalue weighted by Crippen LogP contribution is -2.36. The molecule has 6 heteroatoms. The third-order valence-electron chi connectivity index (χ3n) is 3.83. The van der Waals surface area contributed by atoms with Crippen LogP contribution < -0.4 is 0 Å². The third kappa shape index (κ3) is 3.39. The first-order valence-corrected chi connectivity index (χ1v) is 9.31. The molecule has 2 rings (SSSR count). The molecule has 0 saturated heterocycles. The molecule has 2 heterocycles. The van der Waals surface area contributed by atoms with Gasteiger partial charge in [0.1, 0.15) is 0 Å². The van der Waals surface area contributed by atoms with Crippen molar-refractivity contribution in [2.24, 2.45) is 5.41 Å². The molecule has 0 radical (unpaired) electrons. The fraction of sp³-hybridized carbons (Fsp3) is 0.600. The average Bonchev–Trinajstić information content (AvgIpc) is 2.80. The van der Waals surface area contributed by atoms with Gasteiger partial charge in [-0.25, -0.2) is 8.42 Å². The molecule has 0 unspecified atom stereocenters. The summed E-state index contributed by atoms with van der Waals surface area (Å²) < 4.78 is 27.0. The Morgan fingerprint density at radius 2 is 2.05 bits per heavy atom. The summed E-state index contributed by atoms with van der Waals surface area (Å²) in [5.74, 6) is 0. The lowest BCUT2D eigenvalue weighted by Gasteiger charge is -2.31. The van der Waals surface area contributed by atoms with Gasteiger partial charge in [0.2, 0.25) is 10.0 Å². The number of aliphatic hydroxyl groups is 1. The largest absolute Gasteiger partial charge is 0.391 e. The first kappa shape index (κ1) is 16.7. The van der Waals surface area contributed by atoms with Crippen LogP contribution in [-0.2, 0) is 16.6 Å². The van der Waals surface area contributed by atoms with Crippen molar-refractivity contribution in [3.63, 3.8) is 0 Å². The molecule has 4 nitrogen and oxygen atoms in total. The number of hydrogen-bond donors (Lipinski definition) is 1. The highest BCUT2D eigenvalue weighted by atomic mass is 32.2. The van der Waals surface area contributed by atoms with Crippen molar-refractivity contribution in [3.8, 4) is 0 Å². The molecule has 118 valence electrons. The Balaban J connectivity index is 2.26. The Bertz CT molecular complexity index is 651. The molecule has 0 spiro atoms. The van der Waals surface area contributed by atoms with Crippen molar-refractivity contribution in [2.45, 2.75) is 45.6 Å². The van der Waals surface area contributed by atoms with Gasteiger partial charge in [-0.05, 0) is 24.8 Å². The second kappa shape index (κ2) is 5.83. The van der Waals surface area contributed by atoms with Crippen LogP contribution in [0.2, 0.25) is 0 Å². The van der Waals surface area contributed by atoms with Gasteiger partial charge in [-0.3, -0.25) is 0 Å². The van der Waals surface area contributed by atoms with Crippen molar-refractivity contribution in [1.82, 2.24) is 4.31 Å². The quantitative estimate of drug-likeness (QED) is 0.868. The number of aryl methyl sites for hydroxylation is 1. The molecule has 0 aromatic carbocycles. The predicted octanol–water partition coefficient (Wildman–Crippen LogP) is 2.92. The van der Waals surface area contributed by atoms with Crippen LogP contribution >= 0.6 is 11.3 Å². The summed E-state index contributed by atoms with van der Waals surface area (Å²) in [4.78, 5) is 1.77. The fourth-order valence-corrected chi connectivity index (χ4v) is 5.39. The summed E-state index contributed by atoms with van der Waals surface area (Å²) in [5, 5.41) is 9.17. The summed E-state index contributed by atoms with van der Waals surface area (Å²) in [6.45, 7) is 9.08. The summed E-state index contributed by atoms with van der Waals surface area (Å²) in [5.41, 5.74) is 1.41. The summed E-state index contributed by atoms with van der Waals surface area (Å²) in [6.07, 6.45) is 2.81. The molecule has 1 aliphatic rings. The fourth-order valence-electron chi connectivity index (χ4n) is 2.55. The Labute approximate surface area is 131 Å². The Morgan fingerprint density at radius 1 is 1.38 bits per heavy atom. The van der Waals surface area contributed by atoms with Crippen molar-refractivity contribution < 1.29 is 13.5 Å². The highest BCUT2D eigenvalue weighted by Gasteiger charge is 2.30. The van der Waals surface area contributed by atoms with E-state index in [1.165, 1.54) is 21.2 Å². The number of rotatable bonds is 3. The molecule has 1 aliphatic heterocycles. The van der Waals surface area contributed by atoms with Gasteiger partial charge in [0.15, 0.2) is 0 Å². The zero-order valence-electron chi connectivity index (χ0n) is 13.0. The molecule has 0 saturated carbocycles. The minimum absolute atomic E-state index is 0.0954. The van der Waals surface area contributed by atoms with Gasteiger partial charge < -0.3 is 5.11 Å². The van der Waals surface area contributed by atoms with E-state index in [0.717, 1.165) is 11.3 Å². The van der Waals surface area contributed by atoms with Crippen LogP contribution in [0.5, 0.6) is 0 Å². The average molecular weight is 329 g/mol. The first-order valence-electron chi connectivity index (χ1n) is 7.06. The number of aliphatic hydroxyl groups excluding tert-OH is 1. The number of sulfonamides is 1. The minimum Gasteiger partial charge on any atom is -0.391 e. The molecule has 1 aromatic rings. The van der Waals surface area contributed by atoms with E-state index in [9.17, 15) is 8.42 Å². The van der Waals surface area contributed by atoms with Gasteiger partial charge in [0, 0.05) is 22.8 Å². The second-order valence-corrected chi connectivity index (χ2v) is 9.63. The van der Waals surface area contributed by atoms with Crippen molar-refractivity contribution >= 4 is 21.4 Å². The molecule has 1 N–H and O–H groups in total. The van der Waals surface area contributed by atoms with Gasteiger partial charge in [0.05, 0.1) is 11.5 Å². The SMILES string of the molecule is Cc1sc(CO)cc1S(=O)(=O)N1CC=C(C(C)(C)C)CC1. The second-order valence-electron chi connectivity index (χ2n) is 6.38. The van der Waals surface area contributed by atoms with Gasteiger partial charge >= 0.3 is 0 Å². The summed E-state index contributed by atoms with van der Waals surface area (Å²) in [7, 11) is -3.46. The van der Waals surface area contributed by atoms with E-state index in [1.54, 1.807) is 13.0 Å². The van der Waals surface area contributed by atoms with Gasteiger partial charge in [-0.2, -0.15) is 4.31 Å². The predicted molar refractivity (Wildman–Crippen MR) is 85.9 cm³/mol. The highest BCUT2D eigenvalue weighted by molar-refractivity contribution is 7.89. The molecular formula is C15H23NO3S2. The van der Waals surface area contributed by atoms with E-state index < -0.39 is 10.0 Å². The zero-order chi connectivity index (χ0) is 15.8. The van der Waals surface area contributed by atoms with E-state index in [4.69, 9.17) is 5.11 Å².